The van der Waals surface area contributed by atoms with Gasteiger partial charge in [0.2, 0.25) is 0 Å². The van der Waals surface area contributed by atoms with Crippen molar-refractivity contribution < 1.29 is 14.3 Å². The van der Waals surface area contributed by atoms with E-state index in [1.165, 1.54) is 0 Å². The summed E-state index contributed by atoms with van der Waals surface area (Å²) in [6.07, 6.45) is 5.43. The minimum atomic E-state index is -0.126. The molecule has 2 saturated heterocycles. The van der Waals surface area contributed by atoms with Gasteiger partial charge in [-0.3, -0.25) is 4.90 Å². The van der Waals surface area contributed by atoms with Gasteiger partial charge in [-0.05, 0) is 82.0 Å². The van der Waals surface area contributed by atoms with E-state index < -0.39 is 0 Å². The predicted molar refractivity (Wildman–Crippen MR) is 174 cm³/mol. The summed E-state index contributed by atoms with van der Waals surface area (Å²) in [6, 6.07) is 24.8. The fourth-order valence-corrected chi connectivity index (χ4v) is 6.32. The van der Waals surface area contributed by atoms with Crippen LogP contribution in [0.25, 0.3) is 11.1 Å². The van der Waals surface area contributed by atoms with Gasteiger partial charge in [0.15, 0.2) is 0 Å². The molecule has 2 heterocycles. The fourth-order valence-electron chi connectivity index (χ4n) is 6.32. The van der Waals surface area contributed by atoms with E-state index in [1.54, 1.807) is 14.2 Å². The third-order valence-corrected chi connectivity index (χ3v) is 8.77. The van der Waals surface area contributed by atoms with Crippen LogP contribution < -0.4 is 25.4 Å². The van der Waals surface area contributed by atoms with Gasteiger partial charge in [0.05, 0.1) is 25.5 Å². The largest absolute Gasteiger partial charge is 0.496 e. The zero-order valence-corrected chi connectivity index (χ0v) is 25.7. The second kappa shape index (κ2) is 15.8. The highest BCUT2D eigenvalue weighted by atomic mass is 16.5. The molecule has 0 aliphatic carbocycles. The third-order valence-electron chi connectivity index (χ3n) is 8.77. The quantitative estimate of drug-likeness (QED) is 0.240. The highest BCUT2D eigenvalue weighted by Crippen LogP contribution is 2.30. The molecule has 3 N–H and O–H groups in total. The second-order valence-electron chi connectivity index (χ2n) is 11.6. The van der Waals surface area contributed by atoms with Crippen molar-refractivity contribution in [2.75, 3.05) is 58.8 Å². The summed E-state index contributed by atoms with van der Waals surface area (Å²) >= 11 is 0. The van der Waals surface area contributed by atoms with Crippen LogP contribution in [0, 0.1) is 0 Å². The third kappa shape index (κ3) is 8.72. The first-order chi connectivity index (χ1) is 21.1. The number of methoxy groups -OCH3 is 2. The number of para-hydroxylation sites is 1. The van der Waals surface area contributed by atoms with Crippen LogP contribution in [-0.4, -0.2) is 81.4 Å². The van der Waals surface area contributed by atoms with Crippen molar-refractivity contribution in [1.82, 2.24) is 20.4 Å². The number of nitrogens with zero attached hydrogens (tertiary/aromatic N) is 2. The molecule has 3 aromatic carbocycles. The van der Waals surface area contributed by atoms with E-state index in [4.69, 9.17) is 9.47 Å². The van der Waals surface area contributed by atoms with Gasteiger partial charge < -0.3 is 30.3 Å². The molecule has 8 nitrogen and oxygen atoms in total. The zero-order chi connectivity index (χ0) is 29.9. The molecule has 3 aromatic rings. The van der Waals surface area contributed by atoms with Crippen molar-refractivity contribution in [3.8, 4) is 22.6 Å². The first kappa shape index (κ1) is 30.9. The molecule has 2 amide bonds. The van der Waals surface area contributed by atoms with E-state index in [9.17, 15) is 4.79 Å². The van der Waals surface area contributed by atoms with Crippen molar-refractivity contribution in [3.05, 3.63) is 78.4 Å². The molecule has 0 aromatic heterocycles. The Morgan fingerprint density at radius 2 is 1.40 bits per heavy atom. The van der Waals surface area contributed by atoms with Gasteiger partial charge in [-0.15, -0.1) is 0 Å². The van der Waals surface area contributed by atoms with Crippen LogP contribution in [0.2, 0.25) is 0 Å². The zero-order valence-electron chi connectivity index (χ0n) is 25.7. The number of carbonyl (C=O) groups excluding carboxylic acids is 1. The Labute approximate surface area is 256 Å². The molecular formula is C35H47N5O3. The Bertz CT molecular complexity index is 1270. The molecule has 5 rings (SSSR count). The molecule has 43 heavy (non-hydrogen) atoms. The molecule has 0 radical (unpaired) electrons. The Hall–Kier alpha value is -3.59. The SMILES string of the molecule is COc1cccc(OC)c1CN1CCC(NCCCN2CCC(NC(=O)Nc3ccccc3-c3ccccc3)CC2)CC1. The van der Waals surface area contributed by atoms with E-state index in [2.05, 4.69) is 37.9 Å². The van der Waals surface area contributed by atoms with Crippen LogP contribution in [0.3, 0.4) is 0 Å². The number of hydrogen-bond donors (Lipinski definition) is 3. The number of benzene rings is 3. The molecular weight excluding hydrogens is 538 g/mol. The lowest BCUT2D eigenvalue weighted by Crippen LogP contribution is -2.46. The van der Waals surface area contributed by atoms with E-state index >= 15 is 0 Å². The number of piperidine rings is 2. The second-order valence-corrected chi connectivity index (χ2v) is 11.6. The maximum atomic E-state index is 12.8. The number of ether oxygens (including phenoxy) is 2. The summed E-state index contributed by atoms with van der Waals surface area (Å²) in [4.78, 5) is 17.9. The van der Waals surface area contributed by atoms with Crippen LogP contribution >= 0.6 is 0 Å². The number of amides is 2. The van der Waals surface area contributed by atoms with Crippen LogP contribution in [0.1, 0.15) is 37.7 Å². The first-order valence-corrected chi connectivity index (χ1v) is 15.7. The Balaban J connectivity index is 0.957. The summed E-state index contributed by atoms with van der Waals surface area (Å²) in [5.41, 5.74) is 4.09. The smallest absolute Gasteiger partial charge is 0.319 e. The molecule has 0 bridgehead atoms. The van der Waals surface area contributed by atoms with Crippen molar-refractivity contribution in [2.24, 2.45) is 0 Å². The minimum absolute atomic E-state index is 0.126. The number of carbonyl (C=O) groups is 1. The highest BCUT2D eigenvalue weighted by Gasteiger charge is 2.23. The first-order valence-electron chi connectivity index (χ1n) is 15.7. The van der Waals surface area contributed by atoms with E-state index in [0.717, 1.165) is 112 Å². The Kier molecular flexibility index (Phi) is 11.3. The number of nitrogens with one attached hydrogen (secondary N) is 3. The molecule has 2 aliphatic heterocycles. The van der Waals surface area contributed by atoms with Gasteiger partial charge in [0, 0.05) is 37.3 Å². The Morgan fingerprint density at radius 3 is 2.09 bits per heavy atom. The summed E-state index contributed by atoms with van der Waals surface area (Å²) in [5.74, 6) is 1.79. The normalized spacial score (nSPS) is 17.0. The lowest BCUT2D eigenvalue weighted by molar-refractivity contribution is 0.179. The van der Waals surface area contributed by atoms with Crippen molar-refractivity contribution in [3.63, 3.8) is 0 Å². The topological polar surface area (TPSA) is 78.1 Å². The van der Waals surface area contributed by atoms with Crippen LogP contribution in [0.15, 0.2) is 72.8 Å². The molecule has 0 saturated carbocycles. The van der Waals surface area contributed by atoms with Crippen LogP contribution in [-0.2, 0) is 6.54 Å². The van der Waals surface area contributed by atoms with Gasteiger partial charge in [-0.2, -0.15) is 0 Å². The van der Waals surface area contributed by atoms with Gasteiger partial charge in [-0.25, -0.2) is 4.79 Å². The highest BCUT2D eigenvalue weighted by molar-refractivity contribution is 5.94. The van der Waals surface area contributed by atoms with Crippen LogP contribution in [0.4, 0.5) is 10.5 Å². The molecule has 2 fully saturated rings. The lowest BCUT2D eigenvalue weighted by Gasteiger charge is -2.34. The van der Waals surface area contributed by atoms with Crippen molar-refractivity contribution in [1.29, 1.82) is 0 Å². The van der Waals surface area contributed by atoms with E-state index in [-0.39, 0.29) is 12.1 Å². The summed E-state index contributed by atoms with van der Waals surface area (Å²) in [6.45, 7) is 7.20. The van der Waals surface area contributed by atoms with E-state index in [1.807, 2.05) is 60.7 Å². The number of urea groups is 1. The summed E-state index contributed by atoms with van der Waals surface area (Å²) in [5, 5.41) is 10.1. The van der Waals surface area contributed by atoms with Gasteiger partial charge in [0.25, 0.3) is 0 Å². The van der Waals surface area contributed by atoms with Crippen molar-refractivity contribution >= 4 is 11.7 Å². The predicted octanol–water partition coefficient (Wildman–Crippen LogP) is 5.60. The molecule has 0 spiro atoms. The van der Waals surface area contributed by atoms with Gasteiger partial charge in [0.1, 0.15) is 11.5 Å². The number of likely N-dealkylation sites (tertiary alicyclic amines) is 2. The maximum absolute atomic E-state index is 12.8. The Morgan fingerprint density at radius 1 is 0.767 bits per heavy atom. The lowest BCUT2D eigenvalue weighted by atomic mass is 10.0. The molecule has 0 unspecified atom stereocenters. The molecule has 8 heteroatoms. The molecule has 230 valence electrons. The van der Waals surface area contributed by atoms with Crippen molar-refractivity contribution in [2.45, 2.75) is 50.7 Å². The van der Waals surface area contributed by atoms with Gasteiger partial charge >= 0.3 is 6.03 Å². The fraction of sp³-hybridized carbons (Fsp3) is 0.457. The average molecular weight is 586 g/mol. The number of rotatable bonds is 12. The van der Waals surface area contributed by atoms with E-state index in [0.29, 0.717) is 6.04 Å². The summed E-state index contributed by atoms with van der Waals surface area (Å²) < 4.78 is 11.2. The molecule has 0 atom stereocenters. The summed E-state index contributed by atoms with van der Waals surface area (Å²) in [7, 11) is 3.45. The van der Waals surface area contributed by atoms with Crippen LogP contribution in [0.5, 0.6) is 11.5 Å². The van der Waals surface area contributed by atoms with Gasteiger partial charge in [-0.1, -0.05) is 54.6 Å². The average Bonchev–Trinajstić information content (AvgIpc) is 3.05. The molecule has 2 aliphatic rings. The standard InChI is InChI=1S/C35H47N5O3/c1-42-33-14-8-15-34(43-2)31(33)26-40-24-16-28(17-25-40)36-20-9-21-39-22-18-29(19-23-39)37-35(41)38-32-13-7-6-12-30(32)27-10-4-3-5-11-27/h3-8,10-15,28-29,36H,9,16-26H2,1-2H3,(H2,37,38,41). The minimum Gasteiger partial charge on any atom is -0.496 e. The monoisotopic (exact) mass is 585 g/mol. The maximum Gasteiger partial charge on any atom is 0.319 e. The number of hydrogen-bond acceptors (Lipinski definition) is 6. The number of anilines is 1.